The van der Waals surface area contributed by atoms with Crippen molar-refractivity contribution in [1.82, 2.24) is 10.3 Å². The number of anilines is 1. The lowest BCUT2D eigenvalue weighted by Crippen LogP contribution is -2.35. The largest absolute Gasteiger partial charge is 0.357 e. The minimum absolute atomic E-state index is 0.403. The standard InChI is InChI=1S/C18H31N3/c1-5-9-19-15(4)17-6-10-20-18(13-17)21-11-7-16(8-12-21)14(2)3/h6,10,13-16,19H,5,7-9,11-12H2,1-4H3. The summed E-state index contributed by atoms with van der Waals surface area (Å²) in [6, 6.07) is 4.81. The van der Waals surface area contributed by atoms with E-state index in [4.69, 9.17) is 0 Å². The van der Waals surface area contributed by atoms with E-state index >= 15 is 0 Å². The van der Waals surface area contributed by atoms with Gasteiger partial charge < -0.3 is 10.2 Å². The molecule has 1 aromatic rings. The summed E-state index contributed by atoms with van der Waals surface area (Å²) in [6.07, 6.45) is 5.73. The van der Waals surface area contributed by atoms with Crippen molar-refractivity contribution < 1.29 is 0 Å². The van der Waals surface area contributed by atoms with E-state index in [1.807, 2.05) is 6.20 Å². The van der Waals surface area contributed by atoms with Gasteiger partial charge in [0, 0.05) is 25.3 Å². The molecule has 3 nitrogen and oxygen atoms in total. The van der Waals surface area contributed by atoms with Crippen LogP contribution in [0.25, 0.3) is 0 Å². The molecule has 1 atom stereocenters. The molecule has 1 aromatic heterocycles. The van der Waals surface area contributed by atoms with Crippen LogP contribution in [0.4, 0.5) is 5.82 Å². The summed E-state index contributed by atoms with van der Waals surface area (Å²) in [7, 11) is 0. The van der Waals surface area contributed by atoms with E-state index in [1.54, 1.807) is 0 Å². The summed E-state index contributed by atoms with van der Waals surface area (Å²) in [5.41, 5.74) is 1.35. The predicted molar refractivity (Wildman–Crippen MR) is 90.7 cm³/mol. The Morgan fingerprint density at radius 1 is 1.29 bits per heavy atom. The van der Waals surface area contributed by atoms with Gasteiger partial charge in [0.15, 0.2) is 0 Å². The molecule has 0 radical (unpaired) electrons. The molecular weight excluding hydrogens is 258 g/mol. The molecule has 0 bridgehead atoms. The van der Waals surface area contributed by atoms with Gasteiger partial charge >= 0.3 is 0 Å². The van der Waals surface area contributed by atoms with Crippen molar-refractivity contribution in [1.29, 1.82) is 0 Å². The fourth-order valence-electron chi connectivity index (χ4n) is 3.15. The number of hydrogen-bond acceptors (Lipinski definition) is 3. The Morgan fingerprint density at radius 3 is 2.62 bits per heavy atom. The summed E-state index contributed by atoms with van der Waals surface area (Å²) in [5.74, 6) is 2.85. The van der Waals surface area contributed by atoms with E-state index in [-0.39, 0.29) is 0 Å². The van der Waals surface area contributed by atoms with Gasteiger partial charge in [-0.15, -0.1) is 0 Å². The first-order chi connectivity index (χ1) is 10.1. The van der Waals surface area contributed by atoms with Crippen LogP contribution in [0.15, 0.2) is 18.3 Å². The van der Waals surface area contributed by atoms with Crippen LogP contribution in [0.1, 0.15) is 58.6 Å². The number of pyridine rings is 1. The summed E-state index contributed by atoms with van der Waals surface area (Å²) >= 11 is 0. The number of piperidine rings is 1. The molecule has 0 spiro atoms. The number of nitrogens with zero attached hydrogens (tertiary/aromatic N) is 2. The van der Waals surface area contributed by atoms with E-state index in [9.17, 15) is 0 Å². The molecule has 1 saturated heterocycles. The third kappa shape index (κ3) is 4.44. The van der Waals surface area contributed by atoms with E-state index in [0.717, 1.165) is 37.3 Å². The van der Waals surface area contributed by atoms with Crippen molar-refractivity contribution in [3.63, 3.8) is 0 Å². The maximum absolute atomic E-state index is 4.59. The lowest BCUT2D eigenvalue weighted by Gasteiger charge is -2.34. The van der Waals surface area contributed by atoms with Crippen LogP contribution in [0, 0.1) is 11.8 Å². The van der Waals surface area contributed by atoms with Gasteiger partial charge in [-0.2, -0.15) is 0 Å². The molecular formula is C18H31N3. The molecule has 3 heteroatoms. The molecule has 0 aromatic carbocycles. The molecule has 2 rings (SSSR count). The van der Waals surface area contributed by atoms with E-state index in [2.05, 4.69) is 55.0 Å². The second-order valence-electron chi connectivity index (χ2n) is 6.69. The second kappa shape index (κ2) is 7.79. The molecule has 0 amide bonds. The third-order valence-corrected chi connectivity index (χ3v) is 4.78. The number of rotatable bonds is 6. The highest BCUT2D eigenvalue weighted by molar-refractivity contribution is 5.42. The Bertz CT molecular complexity index is 422. The lowest BCUT2D eigenvalue weighted by molar-refractivity contribution is 0.310. The molecule has 2 heterocycles. The summed E-state index contributed by atoms with van der Waals surface area (Å²) in [6.45, 7) is 12.5. The molecule has 1 aliphatic rings. The van der Waals surface area contributed by atoms with Gasteiger partial charge in [0.05, 0.1) is 0 Å². The zero-order chi connectivity index (χ0) is 15.2. The highest BCUT2D eigenvalue weighted by atomic mass is 15.2. The minimum atomic E-state index is 0.403. The fraction of sp³-hybridized carbons (Fsp3) is 0.722. The molecule has 1 N–H and O–H groups in total. The van der Waals surface area contributed by atoms with Gasteiger partial charge in [0.25, 0.3) is 0 Å². The normalized spacial score (nSPS) is 18.2. The topological polar surface area (TPSA) is 28.2 Å². The van der Waals surface area contributed by atoms with Crippen molar-refractivity contribution >= 4 is 5.82 Å². The van der Waals surface area contributed by atoms with Gasteiger partial charge in [0.1, 0.15) is 5.82 Å². The Morgan fingerprint density at radius 2 is 2.00 bits per heavy atom. The van der Waals surface area contributed by atoms with Gasteiger partial charge in [-0.3, -0.25) is 0 Å². The molecule has 1 aliphatic heterocycles. The molecule has 0 aliphatic carbocycles. The van der Waals surface area contributed by atoms with Crippen molar-refractivity contribution in [3.05, 3.63) is 23.9 Å². The number of nitrogens with one attached hydrogen (secondary N) is 1. The van der Waals surface area contributed by atoms with Crippen molar-refractivity contribution in [2.75, 3.05) is 24.5 Å². The zero-order valence-corrected chi connectivity index (χ0v) is 14.1. The Balaban J connectivity index is 1.98. The van der Waals surface area contributed by atoms with Crippen LogP contribution in [0.3, 0.4) is 0 Å². The molecule has 118 valence electrons. The van der Waals surface area contributed by atoms with Crippen LogP contribution >= 0.6 is 0 Å². The fourth-order valence-corrected chi connectivity index (χ4v) is 3.15. The van der Waals surface area contributed by atoms with Crippen LogP contribution in [-0.4, -0.2) is 24.6 Å². The summed E-state index contributed by atoms with van der Waals surface area (Å²) in [4.78, 5) is 7.05. The monoisotopic (exact) mass is 289 g/mol. The third-order valence-electron chi connectivity index (χ3n) is 4.78. The van der Waals surface area contributed by atoms with Crippen molar-refractivity contribution in [2.45, 2.75) is 53.0 Å². The average Bonchev–Trinajstić information content (AvgIpc) is 2.52. The maximum atomic E-state index is 4.59. The van der Waals surface area contributed by atoms with Gasteiger partial charge in [-0.1, -0.05) is 20.8 Å². The van der Waals surface area contributed by atoms with E-state index < -0.39 is 0 Å². The van der Waals surface area contributed by atoms with Crippen molar-refractivity contribution in [2.24, 2.45) is 11.8 Å². The van der Waals surface area contributed by atoms with Crippen molar-refractivity contribution in [3.8, 4) is 0 Å². The number of aromatic nitrogens is 1. The maximum Gasteiger partial charge on any atom is 0.128 e. The molecule has 21 heavy (non-hydrogen) atoms. The molecule has 1 fully saturated rings. The van der Waals surface area contributed by atoms with E-state index in [1.165, 1.54) is 24.8 Å². The summed E-state index contributed by atoms with van der Waals surface area (Å²) < 4.78 is 0. The van der Waals surface area contributed by atoms with Gasteiger partial charge in [-0.05, 0) is 62.3 Å². The Labute approximate surface area is 130 Å². The van der Waals surface area contributed by atoms with E-state index in [0.29, 0.717) is 6.04 Å². The average molecular weight is 289 g/mol. The first-order valence-electron chi connectivity index (χ1n) is 8.56. The Kier molecular flexibility index (Phi) is 6.04. The van der Waals surface area contributed by atoms with Gasteiger partial charge in [-0.25, -0.2) is 4.98 Å². The SMILES string of the molecule is CCCNC(C)c1ccnc(N2CCC(C(C)C)CC2)c1. The minimum Gasteiger partial charge on any atom is -0.357 e. The predicted octanol–water partition coefficient (Wildman–Crippen LogP) is 4.01. The van der Waals surface area contributed by atoms with Crippen LogP contribution in [0.2, 0.25) is 0 Å². The lowest BCUT2D eigenvalue weighted by atomic mass is 9.87. The highest BCUT2D eigenvalue weighted by Crippen LogP contribution is 2.27. The van der Waals surface area contributed by atoms with Gasteiger partial charge in [0.2, 0.25) is 0 Å². The quantitative estimate of drug-likeness (QED) is 0.857. The summed E-state index contributed by atoms with van der Waals surface area (Å²) in [5, 5.41) is 3.55. The van der Waals surface area contributed by atoms with Crippen LogP contribution < -0.4 is 10.2 Å². The first kappa shape index (κ1) is 16.3. The second-order valence-corrected chi connectivity index (χ2v) is 6.69. The van der Waals surface area contributed by atoms with Crippen LogP contribution in [0.5, 0.6) is 0 Å². The molecule has 0 saturated carbocycles. The Hall–Kier alpha value is -1.09. The molecule has 1 unspecified atom stereocenters. The van der Waals surface area contributed by atoms with Crippen LogP contribution in [-0.2, 0) is 0 Å². The smallest absolute Gasteiger partial charge is 0.128 e. The first-order valence-corrected chi connectivity index (χ1v) is 8.56. The highest BCUT2D eigenvalue weighted by Gasteiger charge is 2.22. The zero-order valence-electron chi connectivity index (χ0n) is 14.1. The number of hydrogen-bond donors (Lipinski definition) is 1.